The number of hydrogen-bond acceptors (Lipinski definition) is 5. The summed E-state index contributed by atoms with van der Waals surface area (Å²) in [6.07, 6.45) is 1.51. The van der Waals surface area contributed by atoms with Gasteiger partial charge in [0.2, 0.25) is 15.9 Å². The van der Waals surface area contributed by atoms with E-state index in [4.69, 9.17) is 15.2 Å². The second kappa shape index (κ2) is 6.86. The molecular weight excluding hydrogens is 368 g/mol. The summed E-state index contributed by atoms with van der Waals surface area (Å²) in [5.41, 5.74) is 6.39. The lowest BCUT2D eigenvalue weighted by Gasteiger charge is -2.26. The second-order valence-electron chi connectivity index (χ2n) is 6.57. The van der Waals surface area contributed by atoms with E-state index in [0.717, 1.165) is 18.4 Å². The fourth-order valence-electron chi connectivity index (χ4n) is 3.55. The molecule has 0 bridgehead atoms. The van der Waals surface area contributed by atoms with Crippen LogP contribution in [0.5, 0.6) is 11.5 Å². The summed E-state index contributed by atoms with van der Waals surface area (Å²) < 4.78 is 39.0. The highest BCUT2D eigenvalue weighted by Gasteiger charge is 2.36. The van der Waals surface area contributed by atoms with Crippen LogP contribution in [0.3, 0.4) is 0 Å². The van der Waals surface area contributed by atoms with Gasteiger partial charge >= 0.3 is 0 Å². The van der Waals surface area contributed by atoms with E-state index < -0.39 is 15.9 Å². The highest BCUT2D eigenvalue weighted by atomic mass is 32.2. The Morgan fingerprint density at radius 2 is 1.74 bits per heavy atom. The van der Waals surface area contributed by atoms with Crippen molar-refractivity contribution in [3.05, 3.63) is 53.6 Å². The van der Waals surface area contributed by atoms with Crippen LogP contribution in [0, 0.1) is 0 Å². The monoisotopic (exact) mass is 388 g/mol. The first-order valence-electron chi connectivity index (χ1n) is 8.78. The maximum atomic E-state index is 13.1. The van der Waals surface area contributed by atoms with Gasteiger partial charge in [0.25, 0.3) is 0 Å². The van der Waals surface area contributed by atoms with E-state index in [1.807, 2.05) is 18.2 Å². The molecule has 0 aromatic heterocycles. The summed E-state index contributed by atoms with van der Waals surface area (Å²) in [6, 6.07) is 11.0. The van der Waals surface area contributed by atoms with Gasteiger partial charge in [-0.1, -0.05) is 6.07 Å². The zero-order chi connectivity index (χ0) is 19.0. The van der Waals surface area contributed by atoms with Crippen LogP contribution in [0.25, 0.3) is 0 Å². The molecule has 1 atom stereocenters. The molecule has 1 amide bonds. The Hall–Kier alpha value is -2.58. The second-order valence-corrected chi connectivity index (χ2v) is 8.46. The molecule has 0 spiro atoms. The van der Waals surface area contributed by atoms with E-state index >= 15 is 0 Å². The first kappa shape index (κ1) is 17.8. The summed E-state index contributed by atoms with van der Waals surface area (Å²) in [5, 5.41) is 0. The molecule has 0 unspecified atom stereocenters. The van der Waals surface area contributed by atoms with Crippen molar-refractivity contribution in [2.75, 3.05) is 19.8 Å². The van der Waals surface area contributed by atoms with Crippen molar-refractivity contribution in [3.8, 4) is 11.5 Å². The Balaban J connectivity index is 1.65. The third-order valence-electron chi connectivity index (χ3n) is 4.90. The van der Waals surface area contributed by atoms with Crippen molar-refractivity contribution >= 4 is 15.9 Å². The molecule has 4 rings (SSSR count). The lowest BCUT2D eigenvalue weighted by atomic mass is 10.0. The van der Waals surface area contributed by atoms with Crippen LogP contribution >= 0.6 is 0 Å². The van der Waals surface area contributed by atoms with E-state index in [1.165, 1.54) is 28.6 Å². The molecule has 0 saturated carbocycles. The van der Waals surface area contributed by atoms with Gasteiger partial charge < -0.3 is 15.2 Å². The zero-order valence-electron chi connectivity index (χ0n) is 14.6. The van der Waals surface area contributed by atoms with Gasteiger partial charge in [-0.05, 0) is 54.8 Å². The van der Waals surface area contributed by atoms with Gasteiger partial charge in [-0.3, -0.25) is 4.79 Å². The number of carbonyl (C=O) groups excluding carboxylic acids is 1. The normalized spacial score (nSPS) is 19.8. The number of ether oxygens (including phenoxy) is 2. The van der Waals surface area contributed by atoms with Crippen LogP contribution in [0.2, 0.25) is 0 Å². The van der Waals surface area contributed by atoms with Gasteiger partial charge in [0.1, 0.15) is 13.2 Å². The van der Waals surface area contributed by atoms with Crippen LogP contribution < -0.4 is 15.2 Å². The molecule has 142 valence electrons. The number of amides is 1. The van der Waals surface area contributed by atoms with Crippen LogP contribution in [0.15, 0.2) is 47.4 Å². The van der Waals surface area contributed by atoms with E-state index in [2.05, 4.69) is 0 Å². The van der Waals surface area contributed by atoms with Gasteiger partial charge in [0, 0.05) is 12.1 Å². The van der Waals surface area contributed by atoms with E-state index in [0.29, 0.717) is 31.3 Å². The van der Waals surface area contributed by atoms with Gasteiger partial charge in [-0.15, -0.1) is 0 Å². The number of benzene rings is 2. The molecule has 2 aliphatic rings. The molecule has 27 heavy (non-hydrogen) atoms. The minimum Gasteiger partial charge on any atom is -0.486 e. The molecule has 2 N–H and O–H groups in total. The number of hydrogen-bond donors (Lipinski definition) is 1. The molecule has 1 fully saturated rings. The highest BCUT2D eigenvalue weighted by Crippen LogP contribution is 2.40. The Morgan fingerprint density at radius 1 is 1.04 bits per heavy atom. The Labute approximate surface area is 157 Å². The number of nitrogens with two attached hydrogens (primary N) is 1. The molecule has 2 aromatic rings. The number of carbonyl (C=O) groups is 1. The largest absolute Gasteiger partial charge is 0.486 e. The quantitative estimate of drug-likeness (QED) is 0.865. The van der Waals surface area contributed by atoms with Crippen molar-refractivity contribution in [2.45, 2.75) is 23.8 Å². The molecular formula is C19H20N2O5S. The lowest BCUT2D eigenvalue weighted by molar-refractivity contribution is 0.1000. The average molecular weight is 388 g/mol. The summed E-state index contributed by atoms with van der Waals surface area (Å²) >= 11 is 0. The topological polar surface area (TPSA) is 98.9 Å². The maximum Gasteiger partial charge on any atom is 0.248 e. The molecule has 2 aliphatic heterocycles. The minimum absolute atomic E-state index is 0.150. The molecule has 2 aromatic carbocycles. The summed E-state index contributed by atoms with van der Waals surface area (Å²) in [4.78, 5) is 11.4. The van der Waals surface area contributed by atoms with Crippen molar-refractivity contribution in [1.29, 1.82) is 0 Å². The summed E-state index contributed by atoms with van der Waals surface area (Å²) in [7, 11) is -3.69. The number of rotatable bonds is 4. The minimum atomic E-state index is -3.69. The number of fused-ring (bicyclic) bond motifs is 1. The maximum absolute atomic E-state index is 13.1. The van der Waals surface area contributed by atoms with Crippen molar-refractivity contribution in [2.24, 2.45) is 5.73 Å². The Morgan fingerprint density at radius 3 is 2.44 bits per heavy atom. The van der Waals surface area contributed by atoms with E-state index in [-0.39, 0.29) is 16.5 Å². The van der Waals surface area contributed by atoms with Crippen LogP contribution in [-0.4, -0.2) is 38.4 Å². The van der Waals surface area contributed by atoms with Gasteiger partial charge in [-0.2, -0.15) is 4.31 Å². The van der Waals surface area contributed by atoms with Crippen LogP contribution in [0.4, 0.5) is 0 Å². The fraction of sp³-hybridized carbons (Fsp3) is 0.316. The third-order valence-corrected chi connectivity index (χ3v) is 6.82. The first-order chi connectivity index (χ1) is 13.0. The Kier molecular flexibility index (Phi) is 4.53. The third kappa shape index (κ3) is 3.26. The predicted octanol–water partition coefficient (Wildman–Crippen LogP) is 2.08. The average Bonchev–Trinajstić information content (AvgIpc) is 3.18. The van der Waals surface area contributed by atoms with Gasteiger partial charge in [0.05, 0.1) is 10.9 Å². The smallest absolute Gasteiger partial charge is 0.248 e. The van der Waals surface area contributed by atoms with E-state index in [1.54, 1.807) is 0 Å². The number of primary amides is 1. The van der Waals surface area contributed by atoms with Crippen LogP contribution in [-0.2, 0) is 10.0 Å². The molecule has 1 saturated heterocycles. The summed E-state index contributed by atoms with van der Waals surface area (Å²) in [5.74, 6) is 0.738. The standard InChI is InChI=1S/C19H20N2O5S/c20-19(22)13-3-6-15(7-4-13)27(23,24)21-9-1-2-16(21)14-5-8-17-18(12-14)26-11-10-25-17/h3-8,12,16H,1-2,9-11H2,(H2,20,22)/t16-/m0/s1. The predicted molar refractivity (Wildman–Crippen MR) is 98.3 cm³/mol. The zero-order valence-corrected chi connectivity index (χ0v) is 15.4. The molecule has 8 heteroatoms. The number of nitrogens with zero attached hydrogens (tertiary/aromatic N) is 1. The van der Waals surface area contributed by atoms with Gasteiger partial charge in [-0.25, -0.2) is 8.42 Å². The van der Waals surface area contributed by atoms with Crippen molar-refractivity contribution in [1.82, 2.24) is 4.31 Å². The highest BCUT2D eigenvalue weighted by molar-refractivity contribution is 7.89. The fourth-order valence-corrected chi connectivity index (χ4v) is 5.24. The molecule has 0 aliphatic carbocycles. The van der Waals surface area contributed by atoms with Gasteiger partial charge in [0.15, 0.2) is 11.5 Å². The molecule has 0 radical (unpaired) electrons. The first-order valence-corrected chi connectivity index (χ1v) is 10.2. The lowest BCUT2D eigenvalue weighted by Crippen LogP contribution is -2.31. The molecule has 7 nitrogen and oxygen atoms in total. The van der Waals surface area contributed by atoms with Crippen LogP contribution in [0.1, 0.15) is 34.8 Å². The SMILES string of the molecule is NC(=O)c1ccc(S(=O)(=O)N2CCC[C@H]2c2ccc3c(c2)OCCO3)cc1. The van der Waals surface area contributed by atoms with Crippen molar-refractivity contribution in [3.63, 3.8) is 0 Å². The molecule has 2 heterocycles. The van der Waals surface area contributed by atoms with Crippen molar-refractivity contribution < 1.29 is 22.7 Å². The van der Waals surface area contributed by atoms with E-state index in [9.17, 15) is 13.2 Å². The Bertz CT molecular complexity index is 972. The summed E-state index contributed by atoms with van der Waals surface area (Å²) in [6.45, 7) is 1.44. The number of sulfonamides is 1.